The number of H-pyrrole nitrogens is 1. The van der Waals surface area contributed by atoms with Crippen molar-refractivity contribution < 1.29 is 9.18 Å². The molecule has 0 bridgehead atoms. The second-order valence-electron chi connectivity index (χ2n) is 5.81. The lowest BCUT2D eigenvalue weighted by atomic mass is 10.1. The van der Waals surface area contributed by atoms with E-state index in [0.29, 0.717) is 5.03 Å². The van der Waals surface area contributed by atoms with Gasteiger partial charge in [0.1, 0.15) is 22.7 Å². The van der Waals surface area contributed by atoms with Crippen molar-refractivity contribution in [2.75, 3.05) is 11.1 Å². The lowest BCUT2D eigenvalue weighted by Gasteiger charge is -2.05. The molecule has 2 aromatic carbocycles. The highest BCUT2D eigenvalue weighted by Crippen LogP contribution is 2.31. The van der Waals surface area contributed by atoms with Crippen LogP contribution in [0.2, 0.25) is 0 Å². The van der Waals surface area contributed by atoms with E-state index < -0.39 is 0 Å². The Morgan fingerprint density at radius 2 is 1.85 bits per heavy atom. The Hall–Kier alpha value is -3.19. The molecule has 2 aromatic heterocycles. The first-order valence-electron chi connectivity index (χ1n) is 8.26. The molecular weight excluding hydrogens is 363 g/mol. The van der Waals surface area contributed by atoms with Crippen molar-refractivity contribution in [1.82, 2.24) is 15.0 Å². The molecule has 0 aliphatic rings. The standard InChI is InChI=1S/C20H15FN4OS/c21-14-8-6-13(7-9-14)16-10-22-19-18(16)23-12-24-20(19)27-11-17(26)25-15-4-2-1-3-5-15/h1-10,12,22H,11H2,(H,25,26). The molecule has 0 saturated carbocycles. The Balaban J connectivity index is 1.53. The Morgan fingerprint density at radius 1 is 1.07 bits per heavy atom. The molecule has 5 nitrogen and oxygen atoms in total. The highest BCUT2D eigenvalue weighted by atomic mass is 32.2. The lowest BCUT2D eigenvalue weighted by molar-refractivity contribution is -0.113. The number of amides is 1. The van der Waals surface area contributed by atoms with Crippen molar-refractivity contribution in [3.8, 4) is 11.1 Å². The molecule has 7 heteroatoms. The van der Waals surface area contributed by atoms with Crippen molar-refractivity contribution >= 4 is 34.4 Å². The van der Waals surface area contributed by atoms with Crippen LogP contribution in [0.25, 0.3) is 22.2 Å². The van der Waals surface area contributed by atoms with Crippen molar-refractivity contribution in [3.05, 3.63) is 72.9 Å². The van der Waals surface area contributed by atoms with Crippen molar-refractivity contribution in [1.29, 1.82) is 0 Å². The van der Waals surface area contributed by atoms with Gasteiger partial charge in [-0.1, -0.05) is 42.1 Å². The minimum Gasteiger partial charge on any atom is -0.357 e. The van der Waals surface area contributed by atoms with Crippen LogP contribution < -0.4 is 5.32 Å². The van der Waals surface area contributed by atoms with Crippen LogP contribution in [0.5, 0.6) is 0 Å². The van der Waals surface area contributed by atoms with Gasteiger partial charge in [-0.3, -0.25) is 4.79 Å². The molecule has 0 radical (unpaired) electrons. The summed E-state index contributed by atoms with van der Waals surface area (Å²) in [4.78, 5) is 24.0. The molecule has 0 atom stereocenters. The average molecular weight is 378 g/mol. The van der Waals surface area contributed by atoms with Gasteiger partial charge in [0.2, 0.25) is 5.91 Å². The summed E-state index contributed by atoms with van der Waals surface area (Å²) in [6.45, 7) is 0. The number of anilines is 1. The van der Waals surface area contributed by atoms with Crippen LogP contribution in [-0.4, -0.2) is 26.6 Å². The topological polar surface area (TPSA) is 70.7 Å². The normalized spacial score (nSPS) is 10.9. The Kier molecular flexibility index (Phi) is 4.84. The number of nitrogens with zero attached hydrogens (tertiary/aromatic N) is 2. The molecule has 1 amide bonds. The SMILES string of the molecule is O=C(CSc1ncnc2c(-c3ccc(F)cc3)c[nH]c12)Nc1ccccc1. The number of hydrogen-bond acceptors (Lipinski definition) is 4. The molecule has 27 heavy (non-hydrogen) atoms. The number of halogens is 1. The first-order chi connectivity index (χ1) is 13.2. The predicted molar refractivity (Wildman–Crippen MR) is 105 cm³/mol. The molecule has 0 spiro atoms. The van der Waals surface area contributed by atoms with Crippen molar-refractivity contribution in [3.63, 3.8) is 0 Å². The average Bonchev–Trinajstić information content (AvgIpc) is 3.12. The molecule has 2 N–H and O–H groups in total. The number of nitrogens with one attached hydrogen (secondary N) is 2. The molecular formula is C20H15FN4OS. The summed E-state index contributed by atoms with van der Waals surface area (Å²) in [7, 11) is 0. The lowest BCUT2D eigenvalue weighted by Crippen LogP contribution is -2.14. The Bertz CT molecular complexity index is 1080. The van der Waals surface area contributed by atoms with Gasteiger partial charge in [-0.2, -0.15) is 0 Å². The van der Waals surface area contributed by atoms with E-state index in [-0.39, 0.29) is 17.5 Å². The summed E-state index contributed by atoms with van der Waals surface area (Å²) in [6.07, 6.45) is 3.29. The van der Waals surface area contributed by atoms with E-state index in [0.717, 1.165) is 27.8 Å². The van der Waals surface area contributed by atoms with Crippen LogP contribution in [0.1, 0.15) is 0 Å². The van der Waals surface area contributed by atoms with E-state index in [4.69, 9.17) is 0 Å². The summed E-state index contributed by atoms with van der Waals surface area (Å²) in [6, 6.07) is 15.6. The molecule has 134 valence electrons. The number of hydrogen-bond donors (Lipinski definition) is 2. The second-order valence-corrected chi connectivity index (χ2v) is 6.78. The fraction of sp³-hybridized carbons (Fsp3) is 0.0500. The smallest absolute Gasteiger partial charge is 0.234 e. The zero-order valence-electron chi connectivity index (χ0n) is 14.1. The summed E-state index contributed by atoms with van der Waals surface area (Å²) in [5, 5.41) is 3.54. The van der Waals surface area contributed by atoms with Crippen LogP contribution in [0, 0.1) is 5.82 Å². The molecule has 0 aliphatic carbocycles. The monoisotopic (exact) mass is 378 g/mol. The zero-order valence-corrected chi connectivity index (χ0v) is 15.0. The molecule has 4 rings (SSSR count). The van der Waals surface area contributed by atoms with Crippen molar-refractivity contribution in [2.24, 2.45) is 0 Å². The Morgan fingerprint density at radius 3 is 2.63 bits per heavy atom. The molecule has 4 aromatic rings. The number of para-hydroxylation sites is 1. The van der Waals surface area contributed by atoms with Gasteiger partial charge in [-0.05, 0) is 29.8 Å². The van der Waals surface area contributed by atoms with Crippen LogP contribution in [0.15, 0.2) is 72.1 Å². The summed E-state index contributed by atoms with van der Waals surface area (Å²) >= 11 is 1.33. The minimum absolute atomic E-state index is 0.108. The number of aromatic amines is 1. The van der Waals surface area contributed by atoms with Gasteiger partial charge in [0.05, 0.1) is 11.3 Å². The third-order valence-electron chi connectivity index (χ3n) is 3.98. The number of carbonyl (C=O) groups excluding carboxylic acids is 1. The fourth-order valence-electron chi connectivity index (χ4n) is 2.73. The molecule has 0 unspecified atom stereocenters. The van der Waals surface area contributed by atoms with Gasteiger partial charge in [-0.25, -0.2) is 14.4 Å². The number of fused-ring (bicyclic) bond motifs is 1. The van der Waals surface area contributed by atoms with Gasteiger partial charge in [0, 0.05) is 17.4 Å². The van der Waals surface area contributed by atoms with Crippen LogP contribution in [0.3, 0.4) is 0 Å². The summed E-state index contributed by atoms with van der Waals surface area (Å²) in [5.41, 5.74) is 3.98. The maximum absolute atomic E-state index is 13.2. The quantitative estimate of drug-likeness (QED) is 0.396. The zero-order chi connectivity index (χ0) is 18.6. The summed E-state index contributed by atoms with van der Waals surface area (Å²) < 4.78 is 13.2. The van der Waals surface area contributed by atoms with E-state index in [9.17, 15) is 9.18 Å². The highest BCUT2D eigenvalue weighted by Gasteiger charge is 2.13. The minimum atomic E-state index is -0.283. The second kappa shape index (κ2) is 7.59. The highest BCUT2D eigenvalue weighted by molar-refractivity contribution is 8.00. The van der Waals surface area contributed by atoms with E-state index >= 15 is 0 Å². The third kappa shape index (κ3) is 3.83. The molecule has 0 saturated heterocycles. The van der Waals surface area contributed by atoms with Crippen molar-refractivity contribution in [2.45, 2.75) is 5.03 Å². The number of aromatic nitrogens is 3. The fourth-order valence-corrected chi connectivity index (χ4v) is 3.49. The van der Waals surface area contributed by atoms with Gasteiger partial charge in [0.25, 0.3) is 0 Å². The molecule has 2 heterocycles. The van der Waals surface area contributed by atoms with Crippen LogP contribution in [0.4, 0.5) is 10.1 Å². The number of benzene rings is 2. The first-order valence-corrected chi connectivity index (χ1v) is 9.25. The first kappa shape index (κ1) is 17.2. The molecule has 0 fully saturated rings. The van der Waals surface area contributed by atoms with Gasteiger partial charge in [-0.15, -0.1) is 0 Å². The number of rotatable bonds is 5. The van der Waals surface area contributed by atoms with Crippen LogP contribution in [-0.2, 0) is 4.79 Å². The number of carbonyl (C=O) groups is 1. The van der Waals surface area contributed by atoms with E-state index in [1.165, 1.54) is 30.2 Å². The summed E-state index contributed by atoms with van der Waals surface area (Å²) in [5.74, 6) is -0.163. The van der Waals surface area contributed by atoms with E-state index in [2.05, 4.69) is 20.3 Å². The van der Waals surface area contributed by atoms with Gasteiger partial charge in [0.15, 0.2) is 0 Å². The largest absolute Gasteiger partial charge is 0.357 e. The van der Waals surface area contributed by atoms with E-state index in [1.54, 1.807) is 12.1 Å². The van der Waals surface area contributed by atoms with Gasteiger partial charge >= 0.3 is 0 Å². The maximum atomic E-state index is 13.2. The Labute approximate surface area is 159 Å². The maximum Gasteiger partial charge on any atom is 0.234 e. The third-order valence-corrected chi connectivity index (χ3v) is 4.97. The predicted octanol–water partition coefficient (Wildman–Crippen LogP) is 4.49. The number of thioether (sulfide) groups is 1. The van der Waals surface area contributed by atoms with E-state index in [1.807, 2.05) is 36.5 Å². The molecule has 0 aliphatic heterocycles. The van der Waals surface area contributed by atoms with Crippen LogP contribution >= 0.6 is 11.8 Å². The van der Waals surface area contributed by atoms with Gasteiger partial charge < -0.3 is 10.3 Å².